The maximum atomic E-state index is 12.2. The molecule has 0 aliphatic heterocycles. The molecule has 0 N–H and O–H groups in total. The first kappa shape index (κ1) is 12.8. The molecule has 0 aromatic carbocycles. The van der Waals surface area contributed by atoms with Crippen LogP contribution in [0.15, 0.2) is 39.9 Å². The minimum absolute atomic E-state index is 0.148. The number of hydrogen-bond acceptors (Lipinski definition) is 4. The number of rotatable bonds is 5. The summed E-state index contributed by atoms with van der Waals surface area (Å²) in [5, 5.41) is 0. The van der Waals surface area contributed by atoms with E-state index in [0.29, 0.717) is 28.2 Å². The van der Waals surface area contributed by atoms with Gasteiger partial charge in [-0.05, 0) is 34.5 Å². The maximum absolute atomic E-state index is 12.2. The van der Waals surface area contributed by atoms with Gasteiger partial charge in [-0.2, -0.15) is 0 Å². The van der Waals surface area contributed by atoms with E-state index in [4.69, 9.17) is 9.15 Å². The molecule has 0 amide bonds. The van der Waals surface area contributed by atoms with Crippen molar-refractivity contribution in [3.63, 3.8) is 0 Å². The van der Waals surface area contributed by atoms with Gasteiger partial charge in [0, 0.05) is 11.8 Å². The molecule has 2 rings (SSSR count). The van der Waals surface area contributed by atoms with Gasteiger partial charge in [-0.3, -0.25) is 9.78 Å². The minimum atomic E-state index is -0.148. The monoisotopic (exact) mass is 309 g/mol. The first-order valence-corrected chi connectivity index (χ1v) is 6.37. The van der Waals surface area contributed by atoms with Crippen LogP contribution in [0.1, 0.15) is 29.3 Å². The van der Waals surface area contributed by atoms with E-state index in [9.17, 15) is 4.79 Å². The highest BCUT2D eigenvalue weighted by molar-refractivity contribution is 9.10. The van der Waals surface area contributed by atoms with Crippen LogP contribution in [-0.4, -0.2) is 17.4 Å². The Kier molecular flexibility index (Phi) is 4.15. The molecular formula is C13H12BrNO3. The number of ketones is 1. The molecule has 18 heavy (non-hydrogen) atoms. The fourth-order valence-corrected chi connectivity index (χ4v) is 1.87. The van der Waals surface area contributed by atoms with Crippen molar-refractivity contribution >= 4 is 21.7 Å². The Bertz CT molecular complexity index is 551. The highest BCUT2D eigenvalue weighted by atomic mass is 79.9. The first-order chi connectivity index (χ1) is 8.72. The topological polar surface area (TPSA) is 52.3 Å². The minimum Gasteiger partial charge on any atom is -0.492 e. The highest BCUT2D eigenvalue weighted by Crippen LogP contribution is 2.22. The number of ether oxygens (including phenoxy) is 1. The molecule has 0 saturated carbocycles. The van der Waals surface area contributed by atoms with Crippen molar-refractivity contribution in [2.45, 2.75) is 13.3 Å². The van der Waals surface area contributed by atoms with E-state index in [2.05, 4.69) is 20.9 Å². The molecule has 2 aromatic rings. The average Bonchev–Trinajstić information content (AvgIpc) is 2.82. The quantitative estimate of drug-likeness (QED) is 0.794. The Balaban J connectivity index is 2.23. The zero-order chi connectivity index (χ0) is 13.0. The maximum Gasteiger partial charge on any atom is 0.199 e. The first-order valence-electron chi connectivity index (χ1n) is 5.58. The van der Waals surface area contributed by atoms with Gasteiger partial charge in [-0.15, -0.1) is 0 Å². The SMILES string of the molecule is CCCOc1cncc(C(=O)c2ccoc2Br)c1. The van der Waals surface area contributed by atoms with Gasteiger partial charge in [0.05, 0.1) is 24.6 Å². The largest absolute Gasteiger partial charge is 0.492 e. The molecule has 0 atom stereocenters. The fraction of sp³-hybridized carbons (Fsp3) is 0.231. The van der Waals surface area contributed by atoms with Crippen LogP contribution < -0.4 is 4.74 Å². The van der Waals surface area contributed by atoms with Crippen molar-refractivity contribution in [1.82, 2.24) is 4.98 Å². The third-order valence-electron chi connectivity index (χ3n) is 2.31. The molecule has 4 nitrogen and oxygen atoms in total. The third kappa shape index (κ3) is 2.79. The van der Waals surface area contributed by atoms with E-state index in [1.165, 1.54) is 12.5 Å². The predicted molar refractivity (Wildman–Crippen MR) is 69.9 cm³/mol. The summed E-state index contributed by atoms with van der Waals surface area (Å²) in [6.07, 6.45) is 5.48. The van der Waals surface area contributed by atoms with E-state index in [0.717, 1.165) is 6.42 Å². The number of hydrogen-bond donors (Lipinski definition) is 0. The molecule has 0 aliphatic rings. The van der Waals surface area contributed by atoms with Crippen LogP contribution >= 0.6 is 15.9 Å². The summed E-state index contributed by atoms with van der Waals surface area (Å²) < 4.78 is 10.9. The van der Waals surface area contributed by atoms with Crippen LogP contribution in [0, 0.1) is 0 Å². The molecule has 0 radical (unpaired) electrons. The summed E-state index contributed by atoms with van der Waals surface area (Å²) in [7, 11) is 0. The second-order valence-electron chi connectivity index (χ2n) is 3.69. The molecule has 2 heterocycles. The van der Waals surface area contributed by atoms with Crippen molar-refractivity contribution in [3.8, 4) is 5.75 Å². The van der Waals surface area contributed by atoms with Crippen LogP contribution in [0.25, 0.3) is 0 Å². The van der Waals surface area contributed by atoms with Crippen molar-refractivity contribution in [1.29, 1.82) is 0 Å². The Morgan fingerprint density at radius 3 is 3.00 bits per heavy atom. The molecule has 0 bridgehead atoms. The normalized spacial score (nSPS) is 10.3. The summed E-state index contributed by atoms with van der Waals surface area (Å²) in [5.41, 5.74) is 0.954. The summed E-state index contributed by atoms with van der Waals surface area (Å²) in [6.45, 7) is 2.62. The Morgan fingerprint density at radius 1 is 1.50 bits per heavy atom. The van der Waals surface area contributed by atoms with E-state index in [1.807, 2.05) is 6.92 Å². The van der Waals surface area contributed by atoms with Crippen LogP contribution in [0.5, 0.6) is 5.75 Å². The molecule has 0 unspecified atom stereocenters. The molecule has 0 aliphatic carbocycles. The van der Waals surface area contributed by atoms with Gasteiger partial charge in [-0.1, -0.05) is 6.92 Å². The third-order valence-corrected chi connectivity index (χ3v) is 2.92. The van der Waals surface area contributed by atoms with Gasteiger partial charge in [0.2, 0.25) is 0 Å². The second-order valence-corrected chi connectivity index (χ2v) is 4.42. The van der Waals surface area contributed by atoms with Gasteiger partial charge >= 0.3 is 0 Å². The number of pyridine rings is 1. The van der Waals surface area contributed by atoms with Crippen LogP contribution in [0.3, 0.4) is 0 Å². The molecule has 0 spiro atoms. The number of aromatic nitrogens is 1. The summed E-state index contributed by atoms with van der Waals surface area (Å²) in [6, 6.07) is 3.30. The zero-order valence-corrected chi connectivity index (χ0v) is 11.4. The zero-order valence-electron chi connectivity index (χ0n) is 9.85. The molecular weight excluding hydrogens is 298 g/mol. The highest BCUT2D eigenvalue weighted by Gasteiger charge is 2.15. The predicted octanol–water partition coefficient (Wildman–Crippen LogP) is 3.46. The van der Waals surface area contributed by atoms with Crippen molar-refractivity contribution in [3.05, 3.63) is 46.6 Å². The van der Waals surface area contributed by atoms with E-state index < -0.39 is 0 Å². The Morgan fingerprint density at radius 2 is 2.33 bits per heavy atom. The number of carbonyl (C=O) groups excluding carboxylic acids is 1. The molecule has 94 valence electrons. The summed E-state index contributed by atoms with van der Waals surface area (Å²) in [4.78, 5) is 16.2. The molecule has 2 aromatic heterocycles. The lowest BCUT2D eigenvalue weighted by atomic mass is 10.1. The van der Waals surface area contributed by atoms with E-state index in [-0.39, 0.29) is 5.78 Å². The lowest BCUT2D eigenvalue weighted by molar-refractivity contribution is 0.103. The van der Waals surface area contributed by atoms with Gasteiger partial charge in [0.15, 0.2) is 10.5 Å². The Labute approximate surface area is 113 Å². The van der Waals surface area contributed by atoms with E-state index in [1.54, 1.807) is 18.3 Å². The molecule has 0 saturated heterocycles. The van der Waals surface area contributed by atoms with Crippen molar-refractivity contribution < 1.29 is 13.9 Å². The second kappa shape index (κ2) is 5.82. The number of furan rings is 1. The van der Waals surface area contributed by atoms with Gasteiger partial charge in [-0.25, -0.2) is 0 Å². The van der Waals surface area contributed by atoms with Crippen molar-refractivity contribution in [2.24, 2.45) is 0 Å². The number of halogens is 1. The van der Waals surface area contributed by atoms with Gasteiger partial charge < -0.3 is 9.15 Å². The van der Waals surface area contributed by atoms with Crippen LogP contribution in [0.2, 0.25) is 0 Å². The smallest absolute Gasteiger partial charge is 0.199 e. The van der Waals surface area contributed by atoms with E-state index >= 15 is 0 Å². The number of nitrogens with zero attached hydrogens (tertiary/aromatic N) is 1. The fourth-order valence-electron chi connectivity index (χ4n) is 1.45. The standard InChI is InChI=1S/C13H12BrNO3/c1-2-4-17-10-6-9(7-15-8-10)12(16)11-3-5-18-13(11)14/h3,5-8H,2,4H2,1H3. The van der Waals surface area contributed by atoms with Gasteiger partial charge in [0.1, 0.15) is 5.75 Å². The van der Waals surface area contributed by atoms with Crippen LogP contribution in [0.4, 0.5) is 0 Å². The molecule has 0 fully saturated rings. The summed E-state index contributed by atoms with van der Waals surface area (Å²) >= 11 is 3.19. The Hall–Kier alpha value is -1.62. The van der Waals surface area contributed by atoms with Crippen molar-refractivity contribution in [2.75, 3.05) is 6.61 Å². The van der Waals surface area contributed by atoms with Crippen LogP contribution in [-0.2, 0) is 0 Å². The summed E-state index contributed by atoms with van der Waals surface area (Å²) in [5.74, 6) is 0.451. The van der Waals surface area contributed by atoms with Gasteiger partial charge in [0.25, 0.3) is 0 Å². The molecule has 5 heteroatoms. The average molecular weight is 310 g/mol. The lowest BCUT2D eigenvalue weighted by Gasteiger charge is -2.05. The lowest BCUT2D eigenvalue weighted by Crippen LogP contribution is -2.03. The number of carbonyl (C=O) groups is 1.